The average molecular weight is 382 g/mol. The number of anilines is 2. The maximum atomic E-state index is 12.4. The van der Waals surface area contributed by atoms with Crippen LogP contribution in [0.25, 0.3) is 0 Å². The van der Waals surface area contributed by atoms with Crippen LogP contribution in [0.15, 0.2) is 55.1 Å². The fourth-order valence-electron chi connectivity index (χ4n) is 2.88. The molecule has 0 saturated carbocycles. The van der Waals surface area contributed by atoms with Crippen molar-refractivity contribution in [2.75, 3.05) is 37.1 Å². The third-order valence-corrected chi connectivity index (χ3v) is 4.20. The second-order valence-electron chi connectivity index (χ2n) is 6.10. The molecular formula is C21H22N2O5. The first-order valence-corrected chi connectivity index (χ1v) is 8.86. The van der Waals surface area contributed by atoms with Gasteiger partial charge in [-0.3, -0.25) is 9.69 Å². The molecule has 7 heteroatoms. The minimum atomic E-state index is -0.428. The monoisotopic (exact) mass is 382 g/mol. The first-order valence-electron chi connectivity index (χ1n) is 8.86. The molecule has 1 N–H and O–H groups in total. The summed E-state index contributed by atoms with van der Waals surface area (Å²) >= 11 is 0. The van der Waals surface area contributed by atoms with E-state index < -0.39 is 6.09 Å². The summed E-state index contributed by atoms with van der Waals surface area (Å²) in [6.45, 7) is 4.28. The molecule has 0 aliphatic carbocycles. The van der Waals surface area contributed by atoms with Crippen molar-refractivity contribution in [3.8, 4) is 11.5 Å². The molecular weight excluding hydrogens is 360 g/mol. The van der Waals surface area contributed by atoms with Gasteiger partial charge in [-0.05, 0) is 36.2 Å². The van der Waals surface area contributed by atoms with E-state index in [4.69, 9.17) is 14.2 Å². The van der Waals surface area contributed by atoms with Crippen LogP contribution >= 0.6 is 0 Å². The third-order valence-electron chi connectivity index (χ3n) is 4.20. The Bertz CT molecular complexity index is 881. The molecule has 28 heavy (non-hydrogen) atoms. The van der Waals surface area contributed by atoms with Gasteiger partial charge in [-0.2, -0.15) is 0 Å². The van der Waals surface area contributed by atoms with Crippen molar-refractivity contribution in [3.63, 3.8) is 0 Å². The molecule has 2 aromatic rings. The Morgan fingerprint density at radius 1 is 1.29 bits per heavy atom. The van der Waals surface area contributed by atoms with Crippen molar-refractivity contribution in [2.45, 2.75) is 6.42 Å². The summed E-state index contributed by atoms with van der Waals surface area (Å²) in [5.41, 5.74) is 2.14. The highest BCUT2D eigenvalue weighted by atomic mass is 16.6. The molecule has 1 saturated heterocycles. The molecule has 1 fully saturated rings. The van der Waals surface area contributed by atoms with Gasteiger partial charge in [0.1, 0.15) is 6.61 Å². The van der Waals surface area contributed by atoms with E-state index in [0.29, 0.717) is 42.4 Å². The molecule has 1 aliphatic heterocycles. The predicted molar refractivity (Wildman–Crippen MR) is 106 cm³/mol. The van der Waals surface area contributed by atoms with Crippen molar-refractivity contribution < 1.29 is 23.8 Å². The minimum Gasteiger partial charge on any atom is -0.493 e. The number of ether oxygens (including phenoxy) is 3. The molecule has 7 nitrogen and oxygen atoms in total. The number of methoxy groups -OCH3 is 1. The number of nitrogens with one attached hydrogen (secondary N) is 1. The van der Waals surface area contributed by atoms with Crippen molar-refractivity contribution in [1.82, 2.24) is 0 Å². The van der Waals surface area contributed by atoms with Crippen LogP contribution in [0.3, 0.4) is 0 Å². The lowest BCUT2D eigenvalue weighted by Gasteiger charge is -2.18. The number of cyclic esters (lactones) is 1. The van der Waals surface area contributed by atoms with Crippen LogP contribution in [0.4, 0.5) is 16.2 Å². The van der Waals surface area contributed by atoms with Crippen molar-refractivity contribution in [1.29, 1.82) is 0 Å². The zero-order valence-corrected chi connectivity index (χ0v) is 15.6. The van der Waals surface area contributed by atoms with Crippen LogP contribution < -0.4 is 19.7 Å². The van der Waals surface area contributed by atoms with E-state index in [9.17, 15) is 9.59 Å². The van der Waals surface area contributed by atoms with E-state index >= 15 is 0 Å². The number of benzene rings is 2. The Balaban J connectivity index is 1.66. The van der Waals surface area contributed by atoms with E-state index in [2.05, 4.69) is 11.9 Å². The van der Waals surface area contributed by atoms with Gasteiger partial charge in [-0.1, -0.05) is 24.3 Å². The summed E-state index contributed by atoms with van der Waals surface area (Å²) in [5, 5.41) is 2.78. The summed E-state index contributed by atoms with van der Waals surface area (Å²) in [6.07, 6.45) is 2.09. The molecule has 0 bridgehead atoms. The average Bonchev–Trinajstić information content (AvgIpc) is 3.13. The fraction of sp³-hybridized carbons (Fsp3) is 0.238. The van der Waals surface area contributed by atoms with Crippen LogP contribution in [-0.2, 0) is 16.0 Å². The number of nitrogens with zero attached hydrogens (tertiary/aromatic N) is 1. The second kappa shape index (κ2) is 8.94. The standard InChI is InChI=1S/C21H22N2O5/c1-3-6-15-9-10-18(19(13-15)26-2)28-14-20(24)22-16-7-4-5-8-17(16)23-11-12-27-21(23)25/h3-5,7-10,13H,1,6,11-12,14H2,2H3,(H,22,24). The summed E-state index contributed by atoms with van der Waals surface area (Å²) < 4.78 is 15.9. The normalized spacial score (nSPS) is 13.0. The van der Waals surface area contributed by atoms with Crippen molar-refractivity contribution in [2.24, 2.45) is 0 Å². The second-order valence-corrected chi connectivity index (χ2v) is 6.10. The Morgan fingerprint density at radius 3 is 2.82 bits per heavy atom. The lowest BCUT2D eigenvalue weighted by atomic mass is 10.1. The Morgan fingerprint density at radius 2 is 2.11 bits per heavy atom. The largest absolute Gasteiger partial charge is 0.493 e. The van der Waals surface area contributed by atoms with E-state index in [-0.39, 0.29) is 12.5 Å². The van der Waals surface area contributed by atoms with Crippen LogP contribution in [0, 0.1) is 0 Å². The van der Waals surface area contributed by atoms with Crippen LogP contribution in [0.5, 0.6) is 11.5 Å². The number of amides is 2. The molecule has 0 spiro atoms. The molecule has 2 aromatic carbocycles. The van der Waals surface area contributed by atoms with Gasteiger partial charge in [-0.15, -0.1) is 6.58 Å². The molecule has 1 aliphatic rings. The predicted octanol–water partition coefficient (Wildman–Crippen LogP) is 3.40. The highest BCUT2D eigenvalue weighted by molar-refractivity contribution is 6.00. The molecule has 0 radical (unpaired) electrons. The number of allylic oxidation sites excluding steroid dienone is 1. The minimum absolute atomic E-state index is 0.198. The molecule has 0 atom stereocenters. The van der Waals surface area contributed by atoms with Gasteiger partial charge in [-0.25, -0.2) is 4.79 Å². The van der Waals surface area contributed by atoms with Gasteiger partial charge in [0.25, 0.3) is 5.91 Å². The molecule has 0 aromatic heterocycles. The van der Waals surface area contributed by atoms with Gasteiger partial charge in [0.2, 0.25) is 0 Å². The van der Waals surface area contributed by atoms with Gasteiger partial charge < -0.3 is 19.5 Å². The highest BCUT2D eigenvalue weighted by Crippen LogP contribution is 2.29. The van der Waals surface area contributed by atoms with Gasteiger partial charge in [0.05, 0.1) is 25.0 Å². The zero-order valence-electron chi connectivity index (χ0n) is 15.6. The molecule has 1 heterocycles. The van der Waals surface area contributed by atoms with Crippen molar-refractivity contribution >= 4 is 23.4 Å². The first kappa shape index (κ1) is 19.3. The topological polar surface area (TPSA) is 77.1 Å². The van der Waals surface area contributed by atoms with E-state index in [1.807, 2.05) is 12.1 Å². The van der Waals surface area contributed by atoms with Crippen molar-refractivity contribution in [3.05, 3.63) is 60.7 Å². The third kappa shape index (κ3) is 4.43. The molecule has 0 unspecified atom stereocenters. The zero-order chi connectivity index (χ0) is 19.9. The number of hydrogen-bond donors (Lipinski definition) is 1. The van der Waals surface area contributed by atoms with E-state index in [1.165, 1.54) is 4.90 Å². The van der Waals surface area contributed by atoms with E-state index in [0.717, 1.165) is 5.56 Å². The Kier molecular flexibility index (Phi) is 6.16. The van der Waals surface area contributed by atoms with Crippen LogP contribution in [0.2, 0.25) is 0 Å². The summed E-state index contributed by atoms with van der Waals surface area (Å²) in [4.78, 5) is 25.7. The van der Waals surface area contributed by atoms with Crippen LogP contribution in [0.1, 0.15) is 5.56 Å². The van der Waals surface area contributed by atoms with Crippen LogP contribution in [-0.4, -0.2) is 38.9 Å². The smallest absolute Gasteiger partial charge is 0.414 e. The quantitative estimate of drug-likeness (QED) is 0.708. The number of carbonyl (C=O) groups excluding carboxylic acids is 2. The van der Waals surface area contributed by atoms with Gasteiger partial charge in [0.15, 0.2) is 18.1 Å². The van der Waals surface area contributed by atoms with Gasteiger partial charge in [0, 0.05) is 0 Å². The lowest BCUT2D eigenvalue weighted by Crippen LogP contribution is -2.26. The summed E-state index contributed by atoms with van der Waals surface area (Å²) in [5.74, 6) is 0.673. The number of hydrogen-bond acceptors (Lipinski definition) is 5. The molecule has 2 amide bonds. The lowest BCUT2D eigenvalue weighted by molar-refractivity contribution is -0.118. The van der Waals surface area contributed by atoms with E-state index in [1.54, 1.807) is 43.5 Å². The first-order chi connectivity index (χ1) is 13.6. The summed E-state index contributed by atoms with van der Waals surface area (Å²) in [7, 11) is 1.55. The highest BCUT2D eigenvalue weighted by Gasteiger charge is 2.26. The molecule has 146 valence electrons. The Labute approximate surface area is 163 Å². The number of para-hydroxylation sites is 2. The number of rotatable bonds is 8. The maximum Gasteiger partial charge on any atom is 0.414 e. The summed E-state index contributed by atoms with van der Waals surface area (Å²) in [6, 6.07) is 12.6. The maximum absolute atomic E-state index is 12.4. The Hall–Kier alpha value is -3.48. The number of carbonyl (C=O) groups is 2. The van der Waals surface area contributed by atoms with Gasteiger partial charge >= 0.3 is 6.09 Å². The molecule has 3 rings (SSSR count). The SMILES string of the molecule is C=CCc1ccc(OCC(=O)Nc2ccccc2N2CCOC2=O)c(OC)c1. The fourth-order valence-corrected chi connectivity index (χ4v) is 2.88.